The molecule has 0 saturated heterocycles. The lowest BCUT2D eigenvalue weighted by Crippen LogP contribution is -2.33. The van der Waals surface area contributed by atoms with Crippen LogP contribution in [0, 0.1) is 0 Å². The molecule has 0 aromatic carbocycles. The standard InChI is InChI=1S/C9H13N5O4/c10-9-12-7-6(8(18)13-9)11-3-14(7)1-4(16)5(17)2-15/h3-5,15-17H,1-2H2,(H3,10,12,13,18)/t4-,5-/m0/s1. The Bertz CT molecular complexity index is 607. The quantitative estimate of drug-likeness (QED) is 0.402. The normalized spacial score (nSPS) is 14.8. The number of nitrogen functional groups attached to an aromatic ring is 1. The second-order valence-electron chi connectivity index (χ2n) is 3.84. The summed E-state index contributed by atoms with van der Waals surface area (Å²) in [5, 5.41) is 27.6. The van der Waals surface area contributed by atoms with E-state index in [0.717, 1.165) is 0 Å². The molecule has 0 amide bonds. The predicted molar refractivity (Wildman–Crippen MR) is 61.7 cm³/mol. The molecule has 0 unspecified atom stereocenters. The van der Waals surface area contributed by atoms with E-state index in [1.165, 1.54) is 10.9 Å². The number of nitrogens with two attached hydrogens (primary N) is 1. The van der Waals surface area contributed by atoms with E-state index in [1.807, 2.05) is 0 Å². The van der Waals surface area contributed by atoms with Gasteiger partial charge in [0.15, 0.2) is 11.2 Å². The van der Waals surface area contributed by atoms with Gasteiger partial charge < -0.3 is 25.6 Å². The van der Waals surface area contributed by atoms with Gasteiger partial charge in [0.05, 0.1) is 19.5 Å². The number of aromatic amines is 1. The molecule has 6 N–H and O–H groups in total. The summed E-state index contributed by atoms with van der Waals surface area (Å²) < 4.78 is 1.38. The first-order valence-corrected chi connectivity index (χ1v) is 5.20. The first-order valence-electron chi connectivity index (χ1n) is 5.20. The lowest BCUT2D eigenvalue weighted by atomic mass is 10.2. The first-order chi connectivity index (χ1) is 8.52. The van der Waals surface area contributed by atoms with Crippen LogP contribution in [0.4, 0.5) is 5.95 Å². The average molecular weight is 255 g/mol. The molecule has 98 valence electrons. The summed E-state index contributed by atoms with van der Waals surface area (Å²) in [7, 11) is 0. The van der Waals surface area contributed by atoms with Crippen LogP contribution < -0.4 is 11.3 Å². The summed E-state index contributed by atoms with van der Waals surface area (Å²) >= 11 is 0. The van der Waals surface area contributed by atoms with Gasteiger partial charge in [-0.15, -0.1) is 0 Å². The molecule has 0 saturated carbocycles. The van der Waals surface area contributed by atoms with Crippen LogP contribution in [0.2, 0.25) is 0 Å². The molecule has 0 aliphatic heterocycles. The monoisotopic (exact) mass is 255 g/mol. The van der Waals surface area contributed by atoms with Gasteiger partial charge in [0.25, 0.3) is 5.56 Å². The molecule has 9 heteroatoms. The molecule has 2 heterocycles. The number of fused-ring (bicyclic) bond motifs is 1. The summed E-state index contributed by atoms with van der Waals surface area (Å²) in [5.74, 6) is -0.0635. The van der Waals surface area contributed by atoms with Crippen molar-refractivity contribution in [2.45, 2.75) is 18.8 Å². The Kier molecular flexibility index (Phi) is 3.28. The van der Waals surface area contributed by atoms with Crippen molar-refractivity contribution in [2.75, 3.05) is 12.3 Å². The minimum Gasteiger partial charge on any atom is -0.394 e. The molecule has 2 atom stereocenters. The van der Waals surface area contributed by atoms with Crippen LogP contribution in [-0.4, -0.2) is 53.7 Å². The van der Waals surface area contributed by atoms with Gasteiger partial charge in [-0.25, -0.2) is 4.98 Å². The molecule has 2 rings (SSSR count). The second kappa shape index (κ2) is 4.72. The third-order valence-corrected chi connectivity index (χ3v) is 2.51. The number of aromatic nitrogens is 4. The van der Waals surface area contributed by atoms with Gasteiger partial charge in [-0.1, -0.05) is 0 Å². The van der Waals surface area contributed by atoms with Gasteiger partial charge in [-0.3, -0.25) is 9.78 Å². The molecule has 0 spiro atoms. The fourth-order valence-corrected chi connectivity index (χ4v) is 1.55. The summed E-state index contributed by atoms with van der Waals surface area (Å²) in [6.45, 7) is -0.627. The van der Waals surface area contributed by atoms with Gasteiger partial charge in [-0.05, 0) is 0 Å². The van der Waals surface area contributed by atoms with Gasteiger partial charge >= 0.3 is 0 Å². The predicted octanol–water partition coefficient (Wildman–Crippen LogP) is -2.58. The highest BCUT2D eigenvalue weighted by Gasteiger charge is 2.18. The lowest BCUT2D eigenvalue weighted by molar-refractivity contribution is -0.0211. The molecule has 0 radical (unpaired) electrons. The molecular formula is C9H13N5O4. The third kappa shape index (κ3) is 2.18. The average Bonchev–Trinajstić information content (AvgIpc) is 2.71. The number of nitrogens with zero attached hydrogens (tertiary/aromatic N) is 3. The summed E-state index contributed by atoms with van der Waals surface area (Å²) in [6, 6.07) is 0. The van der Waals surface area contributed by atoms with Crippen molar-refractivity contribution in [1.29, 1.82) is 0 Å². The smallest absolute Gasteiger partial charge is 0.280 e. The zero-order valence-corrected chi connectivity index (χ0v) is 9.32. The number of imidazole rings is 1. The van der Waals surface area contributed by atoms with Crippen LogP contribution in [0.25, 0.3) is 11.2 Å². The molecule has 18 heavy (non-hydrogen) atoms. The van der Waals surface area contributed by atoms with Crippen LogP contribution in [0.15, 0.2) is 11.1 Å². The lowest BCUT2D eigenvalue weighted by Gasteiger charge is -2.15. The van der Waals surface area contributed by atoms with Gasteiger partial charge in [-0.2, -0.15) is 4.98 Å². The van der Waals surface area contributed by atoms with E-state index in [1.54, 1.807) is 0 Å². The largest absolute Gasteiger partial charge is 0.394 e. The molecular weight excluding hydrogens is 242 g/mol. The Morgan fingerprint density at radius 2 is 2.17 bits per heavy atom. The van der Waals surface area contributed by atoms with Crippen molar-refractivity contribution < 1.29 is 15.3 Å². The number of rotatable bonds is 4. The zero-order chi connectivity index (χ0) is 13.3. The van der Waals surface area contributed by atoms with E-state index in [-0.39, 0.29) is 23.7 Å². The highest BCUT2D eigenvalue weighted by Crippen LogP contribution is 2.08. The van der Waals surface area contributed by atoms with Crippen LogP contribution in [0.1, 0.15) is 0 Å². The molecule has 2 aromatic rings. The van der Waals surface area contributed by atoms with Crippen molar-refractivity contribution in [3.8, 4) is 0 Å². The number of nitrogens with one attached hydrogen (secondary N) is 1. The third-order valence-electron chi connectivity index (χ3n) is 2.51. The van der Waals surface area contributed by atoms with E-state index in [4.69, 9.17) is 10.8 Å². The summed E-state index contributed by atoms with van der Waals surface area (Å²) in [4.78, 5) is 21.5. The number of hydrogen-bond acceptors (Lipinski definition) is 7. The zero-order valence-electron chi connectivity index (χ0n) is 9.32. The van der Waals surface area contributed by atoms with E-state index in [0.29, 0.717) is 0 Å². The maximum Gasteiger partial charge on any atom is 0.280 e. The topological polar surface area (TPSA) is 150 Å². The summed E-state index contributed by atoms with van der Waals surface area (Å²) in [6.07, 6.45) is -1.17. The first kappa shape index (κ1) is 12.5. The van der Waals surface area contributed by atoms with Crippen molar-refractivity contribution in [2.24, 2.45) is 0 Å². The fourth-order valence-electron chi connectivity index (χ4n) is 1.55. The van der Waals surface area contributed by atoms with E-state index < -0.39 is 24.4 Å². The number of aliphatic hydroxyl groups excluding tert-OH is 3. The highest BCUT2D eigenvalue weighted by molar-refractivity contribution is 5.70. The van der Waals surface area contributed by atoms with E-state index in [2.05, 4.69) is 15.0 Å². The Balaban J connectivity index is 2.38. The second-order valence-corrected chi connectivity index (χ2v) is 3.84. The van der Waals surface area contributed by atoms with Crippen molar-refractivity contribution in [3.05, 3.63) is 16.7 Å². The molecule has 0 aliphatic rings. The number of hydrogen-bond donors (Lipinski definition) is 5. The molecule has 0 bridgehead atoms. The fraction of sp³-hybridized carbons (Fsp3) is 0.444. The Morgan fingerprint density at radius 1 is 1.44 bits per heavy atom. The molecule has 0 fully saturated rings. The van der Waals surface area contributed by atoms with Crippen molar-refractivity contribution in [3.63, 3.8) is 0 Å². The number of anilines is 1. The Hall–Kier alpha value is -1.97. The van der Waals surface area contributed by atoms with Crippen LogP contribution in [0.3, 0.4) is 0 Å². The van der Waals surface area contributed by atoms with Crippen molar-refractivity contribution >= 4 is 17.1 Å². The van der Waals surface area contributed by atoms with Crippen molar-refractivity contribution in [1.82, 2.24) is 19.5 Å². The molecule has 9 nitrogen and oxygen atoms in total. The van der Waals surface area contributed by atoms with Gasteiger partial charge in [0, 0.05) is 0 Å². The molecule has 2 aromatic heterocycles. The maximum atomic E-state index is 11.5. The van der Waals surface area contributed by atoms with E-state index in [9.17, 15) is 15.0 Å². The number of H-pyrrole nitrogens is 1. The number of aliphatic hydroxyl groups is 3. The van der Waals surface area contributed by atoms with Crippen LogP contribution >= 0.6 is 0 Å². The van der Waals surface area contributed by atoms with Gasteiger partial charge in [0.1, 0.15) is 12.2 Å². The Labute approximate surface area is 101 Å². The SMILES string of the molecule is Nc1nc2c(ncn2C[C@H](O)[C@@H](O)CO)c(=O)[nH]1. The summed E-state index contributed by atoms with van der Waals surface area (Å²) in [5.41, 5.74) is 5.23. The van der Waals surface area contributed by atoms with E-state index >= 15 is 0 Å². The minimum atomic E-state index is -1.28. The Morgan fingerprint density at radius 3 is 2.83 bits per heavy atom. The van der Waals surface area contributed by atoms with Crippen LogP contribution in [0.5, 0.6) is 0 Å². The molecule has 0 aliphatic carbocycles. The maximum absolute atomic E-state index is 11.5. The van der Waals surface area contributed by atoms with Crippen LogP contribution in [-0.2, 0) is 6.54 Å². The highest BCUT2D eigenvalue weighted by atomic mass is 16.4. The minimum absolute atomic E-state index is 0.0614. The van der Waals surface area contributed by atoms with Gasteiger partial charge in [0.2, 0.25) is 5.95 Å².